The molecule has 2 heterocycles. The normalized spacial score (nSPS) is 18.0. The van der Waals surface area contributed by atoms with Crippen molar-refractivity contribution in [3.05, 3.63) is 41.3 Å². The first kappa shape index (κ1) is 17.6. The minimum absolute atomic E-state index is 0.155. The smallest absolute Gasteiger partial charge is 0.339 e. The number of carbonyl (C=O) groups is 2. The van der Waals surface area contributed by atoms with E-state index in [9.17, 15) is 14.7 Å². The Labute approximate surface area is 151 Å². The first-order valence-electron chi connectivity index (χ1n) is 8.47. The number of piperidine rings is 1. The van der Waals surface area contributed by atoms with E-state index in [0.717, 1.165) is 25.1 Å². The molecule has 1 aromatic heterocycles. The molecule has 1 aliphatic heterocycles. The van der Waals surface area contributed by atoms with Crippen molar-refractivity contribution in [2.45, 2.75) is 19.8 Å². The second kappa shape index (κ2) is 7.80. The monoisotopic (exact) mass is 358 g/mol. The average molecular weight is 358 g/mol. The fourth-order valence-corrected chi connectivity index (χ4v) is 4.27. The number of benzene rings is 1. The van der Waals surface area contributed by atoms with Crippen molar-refractivity contribution in [3.8, 4) is 11.1 Å². The number of likely N-dealkylation sites (tertiary alicyclic amines) is 1. The Morgan fingerprint density at radius 3 is 2.76 bits per heavy atom. The number of thiophene rings is 1. The summed E-state index contributed by atoms with van der Waals surface area (Å²) in [5.74, 6) is -0.581. The molecule has 6 heteroatoms. The maximum atomic E-state index is 12.4. The molecule has 1 fully saturated rings. The van der Waals surface area contributed by atoms with Crippen LogP contribution >= 0.6 is 11.3 Å². The molecule has 1 aromatic carbocycles. The predicted molar refractivity (Wildman–Crippen MR) is 100 cm³/mol. The van der Waals surface area contributed by atoms with Gasteiger partial charge in [-0.15, -0.1) is 11.3 Å². The summed E-state index contributed by atoms with van der Waals surface area (Å²) in [5.41, 5.74) is 1.64. The molecular formula is C19H22N2O3S. The number of carboxylic acids is 1. The van der Waals surface area contributed by atoms with Gasteiger partial charge in [0.15, 0.2) is 0 Å². The Morgan fingerprint density at radius 1 is 1.32 bits per heavy atom. The van der Waals surface area contributed by atoms with Gasteiger partial charge in [0.1, 0.15) is 10.6 Å². The topological polar surface area (TPSA) is 69.6 Å². The van der Waals surface area contributed by atoms with Gasteiger partial charge in [-0.05, 0) is 30.9 Å². The third-order valence-electron chi connectivity index (χ3n) is 4.45. The fraction of sp³-hybridized carbons (Fsp3) is 0.368. The molecule has 2 N–H and O–H groups in total. The van der Waals surface area contributed by atoms with E-state index in [1.807, 2.05) is 30.3 Å². The molecule has 1 unspecified atom stereocenters. The third-order valence-corrected chi connectivity index (χ3v) is 5.35. The van der Waals surface area contributed by atoms with Crippen LogP contribution in [0.3, 0.4) is 0 Å². The molecule has 132 valence electrons. The number of anilines is 1. The van der Waals surface area contributed by atoms with E-state index >= 15 is 0 Å². The number of nitrogens with one attached hydrogen (secondary N) is 1. The largest absolute Gasteiger partial charge is 0.478 e. The summed E-state index contributed by atoms with van der Waals surface area (Å²) in [4.78, 5) is 26.2. The quantitative estimate of drug-likeness (QED) is 0.853. The van der Waals surface area contributed by atoms with E-state index in [1.54, 1.807) is 5.38 Å². The van der Waals surface area contributed by atoms with Crippen LogP contribution in [0.2, 0.25) is 0 Å². The number of hydrogen-bond acceptors (Lipinski definition) is 4. The summed E-state index contributed by atoms with van der Waals surface area (Å²) in [6.45, 7) is 4.34. The van der Waals surface area contributed by atoms with Crippen LogP contribution in [-0.4, -0.2) is 41.5 Å². The van der Waals surface area contributed by atoms with E-state index in [1.165, 1.54) is 17.8 Å². The molecule has 1 saturated heterocycles. The van der Waals surface area contributed by atoms with Gasteiger partial charge in [0, 0.05) is 17.5 Å². The minimum Gasteiger partial charge on any atom is -0.478 e. The van der Waals surface area contributed by atoms with Gasteiger partial charge >= 0.3 is 5.97 Å². The zero-order chi connectivity index (χ0) is 17.8. The van der Waals surface area contributed by atoms with E-state index in [4.69, 9.17) is 0 Å². The molecule has 0 aliphatic carbocycles. The summed E-state index contributed by atoms with van der Waals surface area (Å²) < 4.78 is 0. The highest BCUT2D eigenvalue weighted by Crippen LogP contribution is 2.35. The van der Waals surface area contributed by atoms with E-state index in [2.05, 4.69) is 17.1 Å². The van der Waals surface area contributed by atoms with Crippen molar-refractivity contribution in [3.63, 3.8) is 0 Å². The van der Waals surface area contributed by atoms with E-state index in [0.29, 0.717) is 23.0 Å². The van der Waals surface area contributed by atoms with Crippen LogP contribution < -0.4 is 5.32 Å². The zero-order valence-corrected chi connectivity index (χ0v) is 15.0. The first-order chi connectivity index (χ1) is 12.0. The molecule has 5 nitrogen and oxygen atoms in total. The maximum Gasteiger partial charge on any atom is 0.339 e. The van der Waals surface area contributed by atoms with Crippen molar-refractivity contribution in [1.29, 1.82) is 0 Å². The van der Waals surface area contributed by atoms with Gasteiger partial charge in [0.25, 0.3) is 0 Å². The number of carbonyl (C=O) groups excluding carboxylic acids is 1. The van der Waals surface area contributed by atoms with Crippen LogP contribution in [0.4, 0.5) is 5.00 Å². The Balaban J connectivity index is 1.75. The zero-order valence-electron chi connectivity index (χ0n) is 14.2. The van der Waals surface area contributed by atoms with Crippen molar-refractivity contribution in [1.82, 2.24) is 4.90 Å². The number of nitrogens with zero attached hydrogens (tertiary/aromatic N) is 1. The minimum atomic E-state index is -1.03. The molecule has 0 bridgehead atoms. The van der Waals surface area contributed by atoms with Crippen molar-refractivity contribution >= 4 is 28.2 Å². The van der Waals surface area contributed by atoms with Crippen LogP contribution in [0, 0.1) is 5.92 Å². The van der Waals surface area contributed by atoms with Crippen LogP contribution in [0.25, 0.3) is 11.1 Å². The molecule has 25 heavy (non-hydrogen) atoms. The van der Waals surface area contributed by atoms with Gasteiger partial charge in [-0.2, -0.15) is 0 Å². The van der Waals surface area contributed by atoms with E-state index < -0.39 is 5.97 Å². The van der Waals surface area contributed by atoms with Crippen LogP contribution in [0.5, 0.6) is 0 Å². The van der Waals surface area contributed by atoms with Crippen molar-refractivity contribution in [2.75, 3.05) is 25.0 Å². The first-order valence-corrected chi connectivity index (χ1v) is 9.35. The van der Waals surface area contributed by atoms with Gasteiger partial charge < -0.3 is 10.4 Å². The summed E-state index contributed by atoms with van der Waals surface area (Å²) in [7, 11) is 0. The Hall–Kier alpha value is -2.18. The molecule has 1 amide bonds. The summed E-state index contributed by atoms with van der Waals surface area (Å²) in [6.07, 6.45) is 2.30. The van der Waals surface area contributed by atoms with Gasteiger partial charge in [-0.1, -0.05) is 37.3 Å². The highest BCUT2D eigenvalue weighted by molar-refractivity contribution is 7.15. The van der Waals surface area contributed by atoms with Gasteiger partial charge in [-0.3, -0.25) is 9.69 Å². The molecule has 1 atom stereocenters. The summed E-state index contributed by atoms with van der Waals surface area (Å²) in [5, 5.41) is 14.6. The Kier molecular flexibility index (Phi) is 5.50. The lowest BCUT2D eigenvalue weighted by molar-refractivity contribution is -0.117. The third kappa shape index (κ3) is 4.27. The molecule has 3 rings (SSSR count). The van der Waals surface area contributed by atoms with Gasteiger partial charge in [0.05, 0.1) is 6.54 Å². The van der Waals surface area contributed by atoms with Crippen molar-refractivity contribution in [2.24, 2.45) is 5.92 Å². The molecule has 2 aromatic rings. The predicted octanol–water partition coefficient (Wildman–Crippen LogP) is 3.78. The Bertz CT molecular complexity index is 757. The van der Waals surface area contributed by atoms with Crippen LogP contribution in [0.15, 0.2) is 35.7 Å². The highest BCUT2D eigenvalue weighted by Gasteiger charge is 2.23. The van der Waals surface area contributed by atoms with E-state index in [-0.39, 0.29) is 11.5 Å². The lowest BCUT2D eigenvalue weighted by atomic mass is 10.0. The van der Waals surface area contributed by atoms with Crippen LogP contribution in [-0.2, 0) is 4.79 Å². The molecule has 0 spiro atoms. The Morgan fingerprint density at radius 2 is 2.08 bits per heavy atom. The number of carboxylic acid groups (broad SMARTS) is 1. The molecular weight excluding hydrogens is 336 g/mol. The van der Waals surface area contributed by atoms with Crippen LogP contribution in [0.1, 0.15) is 30.1 Å². The number of hydrogen-bond donors (Lipinski definition) is 2. The lowest BCUT2D eigenvalue weighted by Gasteiger charge is -2.30. The number of aromatic carboxylic acids is 1. The second-order valence-corrected chi connectivity index (χ2v) is 7.44. The highest BCUT2D eigenvalue weighted by atomic mass is 32.1. The summed E-state index contributed by atoms with van der Waals surface area (Å²) in [6, 6.07) is 9.37. The van der Waals surface area contributed by atoms with Gasteiger partial charge in [-0.25, -0.2) is 4.79 Å². The summed E-state index contributed by atoms with van der Waals surface area (Å²) >= 11 is 1.26. The molecule has 1 aliphatic rings. The SMILES string of the molecule is CC1CCCN(CC(=O)Nc2scc(-c3ccccc3)c2C(=O)O)C1. The standard InChI is InChI=1S/C19H22N2O3S/c1-13-6-5-9-21(10-13)11-16(22)20-18-17(19(23)24)15(12-25-18)14-7-3-2-4-8-14/h2-4,7-8,12-13H,5-6,9-11H2,1H3,(H,20,22)(H,23,24). The van der Waals surface area contributed by atoms with Gasteiger partial charge in [0.2, 0.25) is 5.91 Å². The fourth-order valence-electron chi connectivity index (χ4n) is 3.29. The molecule has 0 saturated carbocycles. The molecule has 0 radical (unpaired) electrons. The van der Waals surface area contributed by atoms with Crippen molar-refractivity contribution < 1.29 is 14.7 Å². The second-order valence-electron chi connectivity index (χ2n) is 6.56. The maximum absolute atomic E-state index is 12.4. The number of rotatable bonds is 5. The number of amides is 1. The lowest BCUT2D eigenvalue weighted by Crippen LogP contribution is -2.39. The average Bonchev–Trinajstić information content (AvgIpc) is 2.99.